The molecule has 1 unspecified atom stereocenters. The molecule has 114 valence electrons. The van der Waals surface area contributed by atoms with Crippen LogP contribution in [0.3, 0.4) is 0 Å². The van der Waals surface area contributed by atoms with Gasteiger partial charge in [0.25, 0.3) is 0 Å². The monoisotopic (exact) mass is 291 g/mol. The zero-order chi connectivity index (χ0) is 14.8. The molecule has 0 spiro atoms. The highest BCUT2D eigenvalue weighted by atomic mass is 16.7. The minimum absolute atomic E-state index is 0.00131. The summed E-state index contributed by atoms with van der Waals surface area (Å²) in [5.41, 5.74) is 1.06. The molecular formula is C16H21NO4. The summed E-state index contributed by atoms with van der Waals surface area (Å²) in [6, 6.07) is 6.00. The van der Waals surface area contributed by atoms with E-state index in [-0.39, 0.29) is 24.7 Å². The second-order valence-corrected chi connectivity index (χ2v) is 5.81. The fraction of sp³-hybridized carbons (Fsp3) is 0.562. The Labute approximate surface area is 124 Å². The van der Waals surface area contributed by atoms with Crippen molar-refractivity contribution in [3.05, 3.63) is 23.8 Å². The summed E-state index contributed by atoms with van der Waals surface area (Å²) < 4.78 is 16.0. The lowest BCUT2D eigenvalue weighted by Crippen LogP contribution is -2.40. The van der Waals surface area contributed by atoms with Crippen molar-refractivity contribution >= 4 is 5.91 Å². The van der Waals surface area contributed by atoms with Gasteiger partial charge in [-0.05, 0) is 38.0 Å². The molecule has 1 saturated heterocycles. The van der Waals surface area contributed by atoms with Crippen LogP contribution < -0.4 is 9.47 Å². The van der Waals surface area contributed by atoms with E-state index in [4.69, 9.17) is 14.2 Å². The molecule has 1 amide bonds. The topological polar surface area (TPSA) is 48.0 Å². The molecular weight excluding hydrogens is 270 g/mol. The molecule has 0 N–H and O–H groups in total. The van der Waals surface area contributed by atoms with Gasteiger partial charge in [0.15, 0.2) is 11.5 Å². The Bertz CT molecular complexity index is 523. The van der Waals surface area contributed by atoms with E-state index >= 15 is 0 Å². The number of rotatable bonds is 4. The number of carbonyl (C=O) groups excluding carboxylic acids is 1. The Morgan fingerprint density at radius 1 is 1.33 bits per heavy atom. The van der Waals surface area contributed by atoms with Gasteiger partial charge in [0.2, 0.25) is 12.7 Å². The Morgan fingerprint density at radius 2 is 2.14 bits per heavy atom. The fourth-order valence-electron chi connectivity index (χ4n) is 2.71. The standard InChI is InChI=1S/C16H21NO4/c1-11(2)17(16(18)13-5-6-19-9-13)8-12-3-4-14-15(7-12)21-10-20-14/h3-4,7,11,13H,5-6,8-10H2,1-2H3. The van der Waals surface area contributed by atoms with Crippen LogP contribution in [0.5, 0.6) is 11.5 Å². The second kappa shape index (κ2) is 5.93. The van der Waals surface area contributed by atoms with Crippen LogP contribution in [0.1, 0.15) is 25.8 Å². The highest BCUT2D eigenvalue weighted by Gasteiger charge is 2.29. The quantitative estimate of drug-likeness (QED) is 0.853. The molecule has 3 rings (SSSR count). The Morgan fingerprint density at radius 3 is 2.86 bits per heavy atom. The van der Waals surface area contributed by atoms with Crippen molar-refractivity contribution in [3.8, 4) is 11.5 Å². The second-order valence-electron chi connectivity index (χ2n) is 5.81. The van der Waals surface area contributed by atoms with Crippen molar-refractivity contribution in [1.82, 2.24) is 4.90 Å². The largest absolute Gasteiger partial charge is 0.454 e. The van der Waals surface area contributed by atoms with Crippen molar-refractivity contribution in [3.63, 3.8) is 0 Å². The van der Waals surface area contributed by atoms with E-state index in [2.05, 4.69) is 0 Å². The van der Waals surface area contributed by atoms with Crippen molar-refractivity contribution < 1.29 is 19.0 Å². The van der Waals surface area contributed by atoms with Gasteiger partial charge in [0.1, 0.15) is 0 Å². The number of nitrogens with zero attached hydrogens (tertiary/aromatic N) is 1. The van der Waals surface area contributed by atoms with Crippen molar-refractivity contribution in [2.75, 3.05) is 20.0 Å². The summed E-state index contributed by atoms with van der Waals surface area (Å²) in [5, 5.41) is 0. The summed E-state index contributed by atoms with van der Waals surface area (Å²) >= 11 is 0. The maximum Gasteiger partial charge on any atom is 0.231 e. The van der Waals surface area contributed by atoms with Crippen LogP contribution in [-0.2, 0) is 16.1 Å². The number of benzene rings is 1. The molecule has 0 saturated carbocycles. The molecule has 2 aliphatic heterocycles. The van der Waals surface area contributed by atoms with Gasteiger partial charge in [-0.3, -0.25) is 4.79 Å². The number of carbonyl (C=O) groups is 1. The van der Waals surface area contributed by atoms with Crippen LogP contribution in [0.25, 0.3) is 0 Å². The van der Waals surface area contributed by atoms with E-state index in [9.17, 15) is 4.79 Å². The maximum atomic E-state index is 12.6. The zero-order valence-electron chi connectivity index (χ0n) is 12.5. The smallest absolute Gasteiger partial charge is 0.231 e. The molecule has 0 aliphatic carbocycles. The normalized spacial score (nSPS) is 20.0. The first-order valence-corrected chi connectivity index (χ1v) is 7.42. The van der Waals surface area contributed by atoms with Gasteiger partial charge in [-0.15, -0.1) is 0 Å². The third-order valence-electron chi connectivity index (χ3n) is 3.98. The minimum atomic E-state index is 0.00131. The van der Waals surface area contributed by atoms with Gasteiger partial charge in [-0.2, -0.15) is 0 Å². The average Bonchev–Trinajstić information content (AvgIpc) is 3.14. The summed E-state index contributed by atoms with van der Waals surface area (Å²) in [5.74, 6) is 1.71. The predicted octanol–water partition coefficient (Wildman–Crippen LogP) is 2.19. The van der Waals surface area contributed by atoms with Crippen LogP contribution in [0.15, 0.2) is 18.2 Å². The molecule has 0 radical (unpaired) electrons. The minimum Gasteiger partial charge on any atom is -0.454 e. The van der Waals surface area contributed by atoms with Gasteiger partial charge in [0, 0.05) is 19.2 Å². The van der Waals surface area contributed by atoms with E-state index in [1.165, 1.54) is 0 Å². The predicted molar refractivity (Wildman–Crippen MR) is 77.2 cm³/mol. The molecule has 2 heterocycles. The maximum absolute atomic E-state index is 12.6. The molecule has 1 fully saturated rings. The molecule has 5 heteroatoms. The third-order valence-corrected chi connectivity index (χ3v) is 3.98. The average molecular weight is 291 g/mol. The summed E-state index contributed by atoms with van der Waals surface area (Å²) in [7, 11) is 0. The Kier molecular flexibility index (Phi) is 4.01. The van der Waals surface area contributed by atoms with Crippen molar-refractivity contribution in [2.45, 2.75) is 32.9 Å². The molecule has 2 aliphatic rings. The fourth-order valence-corrected chi connectivity index (χ4v) is 2.71. The number of hydrogen-bond donors (Lipinski definition) is 0. The van der Waals surface area contributed by atoms with Gasteiger partial charge in [0.05, 0.1) is 12.5 Å². The zero-order valence-corrected chi connectivity index (χ0v) is 12.5. The van der Waals surface area contributed by atoms with Gasteiger partial charge >= 0.3 is 0 Å². The Hall–Kier alpha value is -1.75. The molecule has 0 bridgehead atoms. The number of hydrogen-bond acceptors (Lipinski definition) is 4. The van der Waals surface area contributed by atoms with Crippen LogP contribution in [0.2, 0.25) is 0 Å². The van der Waals surface area contributed by atoms with E-state index < -0.39 is 0 Å². The van der Waals surface area contributed by atoms with E-state index in [0.29, 0.717) is 19.8 Å². The van der Waals surface area contributed by atoms with Gasteiger partial charge in [-0.1, -0.05) is 6.07 Å². The highest BCUT2D eigenvalue weighted by Crippen LogP contribution is 2.33. The molecule has 1 aromatic rings. The molecule has 1 atom stereocenters. The van der Waals surface area contributed by atoms with Crippen LogP contribution in [0, 0.1) is 5.92 Å². The van der Waals surface area contributed by atoms with E-state index in [0.717, 1.165) is 23.5 Å². The number of amides is 1. The molecule has 0 aromatic heterocycles. The summed E-state index contributed by atoms with van der Waals surface area (Å²) in [6.45, 7) is 6.17. The van der Waals surface area contributed by atoms with Crippen molar-refractivity contribution in [2.24, 2.45) is 5.92 Å². The van der Waals surface area contributed by atoms with Gasteiger partial charge in [-0.25, -0.2) is 0 Å². The van der Waals surface area contributed by atoms with Crippen LogP contribution >= 0.6 is 0 Å². The Balaban J connectivity index is 1.74. The lowest BCUT2D eigenvalue weighted by Gasteiger charge is -2.29. The summed E-state index contributed by atoms with van der Waals surface area (Å²) in [6.07, 6.45) is 0.823. The first-order valence-electron chi connectivity index (χ1n) is 7.42. The first-order chi connectivity index (χ1) is 10.1. The highest BCUT2D eigenvalue weighted by molar-refractivity contribution is 5.79. The van der Waals surface area contributed by atoms with Crippen LogP contribution in [0.4, 0.5) is 0 Å². The van der Waals surface area contributed by atoms with Crippen molar-refractivity contribution in [1.29, 1.82) is 0 Å². The lowest BCUT2D eigenvalue weighted by atomic mass is 10.1. The molecule has 5 nitrogen and oxygen atoms in total. The first kappa shape index (κ1) is 14.2. The number of fused-ring (bicyclic) bond motifs is 1. The van der Waals surface area contributed by atoms with Gasteiger partial charge < -0.3 is 19.1 Å². The van der Waals surface area contributed by atoms with E-state index in [1.54, 1.807) is 0 Å². The number of ether oxygens (including phenoxy) is 3. The summed E-state index contributed by atoms with van der Waals surface area (Å²) in [4.78, 5) is 14.5. The molecule has 21 heavy (non-hydrogen) atoms. The SMILES string of the molecule is CC(C)N(Cc1ccc2c(c1)OCO2)C(=O)C1CCOC1. The lowest BCUT2D eigenvalue weighted by molar-refractivity contribution is -0.137. The van der Waals surface area contributed by atoms with Crippen LogP contribution in [-0.4, -0.2) is 36.9 Å². The third kappa shape index (κ3) is 2.97. The molecule has 1 aromatic carbocycles. The van der Waals surface area contributed by atoms with E-state index in [1.807, 2.05) is 36.9 Å².